The van der Waals surface area contributed by atoms with E-state index in [0.717, 1.165) is 31.1 Å². The fourth-order valence-electron chi connectivity index (χ4n) is 1.89. The summed E-state index contributed by atoms with van der Waals surface area (Å²) in [6.07, 6.45) is 5.11. The van der Waals surface area contributed by atoms with Gasteiger partial charge in [-0.2, -0.15) is 0 Å². The van der Waals surface area contributed by atoms with Crippen LogP contribution in [0.15, 0.2) is 24.5 Å². The molecule has 1 rings (SSSR count). The molecule has 0 bridgehead atoms. The molecule has 0 saturated carbocycles. The van der Waals surface area contributed by atoms with Gasteiger partial charge in [0.15, 0.2) is 8.32 Å². The molecule has 0 N–H and O–H groups in total. The summed E-state index contributed by atoms with van der Waals surface area (Å²) in [7, 11) is -1.80. The van der Waals surface area contributed by atoms with Crippen molar-refractivity contribution in [1.82, 2.24) is 0 Å². The first-order valence-electron chi connectivity index (χ1n) is 7.48. The van der Waals surface area contributed by atoms with E-state index >= 15 is 0 Å². The van der Waals surface area contributed by atoms with Crippen molar-refractivity contribution in [2.24, 2.45) is 0 Å². The Morgan fingerprint density at radius 2 is 2.14 bits per heavy atom. The van der Waals surface area contributed by atoms with Gasteiger partial charge >= 0.3 is 6.16 Å². The maximum atomic E-state index is 11.4. The number of ether oxygens (including phenoxy) is 2. The van der Waals surface area contributed by atoms with Crippen LogP contribution in [0.4, 0.5) is 4.79 Å². The second-order valence-electron chi connectivity index (χ2n) is 6.90. The molecule has 1 aliphatic rings. The van der Waals surface area contributed by atoms with Gasteiger partial charge in [-0.25, -0.2) is 4.79 Å². The Hall–Kier alpha value is -1.07. The number of hydrogen-bond acceptors (Lipinski definition) is 4. The molecule has 0 saturated heterocycles. The first kappa shape index (κ1) is 18.0. The maximum absolute atomic E-state index is 11.4. The number of carbonyl (C=O) groups excluding carboxylic acids is 1. The molecule has 0 fully saturated rings. The lowest BCUT2D eigenvalue weighted by Gasteiger charge is -2.37. The fourth-order valence-corrected chi connectivity index (χ4v) is 2.85. The molecule has 0 unspecified atom stereocenters. The van der Waals surface area contributed by atoms with Gasteiger partial charge in [-0.05, 0) is 43.0 Å². The van der Waals surface area contributed by atoms with Crippen LogP contribution in [0.2, 0.25) is 18.1 Å². The van der Waals surface area contributed by atoms with Crippen molar-refractivity contribution >= 4 is 14.5 Å². The highest BCUT2D eigenvalue weighted by Crippen LogP contribution is 2.37. The van der Waals surface area contributed by atoms with Crippen molar-refractivity contribution in [2.45, 2.75) is 64.3 Å². The molecule has 5 heteroatoms. The van der Waals surface area contributed by atoms with Crippen molar-refractivity contribution < 1.29 is 18.7 Å². The van der Waals surface area contributed by atoms with E-state index in [1.165, 1.54) is 0 Å². The van der Waals surface area contributed by atoms with E-state index in [1.807, 2.05) is 0 Å². The summed E-state index contributed by atoms with van der Waals surface area (Å²) >= 11 is 0. The van der Waals surface area contributed by atoms with E-state index in [2.05, 4.69) is 51.3 Å². The third-order valence-electron chi connectivity index (χ3n) is 4.31. The monoisotopic (exact) mass is 312 g/mol. The molecular formula is C16H28O4Si. The summed E-state index contributed by atoms with van der Waals surface area (Å²) in [6, 6.07) is 0. The molecule has 0 radical (unpaired) electrons. The van der Waals surface area contributed by atoms with Gasteiger partial charge in [0, 0.05) is 0 Å². The average molecular weight is 312 g/mol. The molecule has 0 aliphatic heterocycles. The summed E-state index contributed by atoms with van der Waals surface area (Å²) in [5.41, 5.74) is 1.05. The zero-order valence-electron chi connectivity index (χ0n) is 13.9. The Morgan fingerprint density at radius 3 is 2.71 bits per heavy atom. The Morgan fingerprint density at radius 1 is 1.48 bits per heavy atom. The number of hydrogen-bond donors (Lipinski definition) is 0. The summed E-state index contributed by atoms with van der Waals surface area (Å²) in [4.78, 5) is 11.4. The van der Waals surface area contributed by atoms with Crippen molar-refractivity contribution in [2.75, 3.05) is 6.61 Å². The first-order valence-corrected chi connectivity index (χ1v) is 10.4. The van der Waals surface area contributed by atoms with Crippen LogP contribution in [0.25, 0.3) is 0 Å². The van der Waals surface area contributed by atoms with Crippen LogP contribution in [0.1, 0.15) is 40.0 Å². The second-order valence-corrected chi connectivity index (χ2v) is 11.7. The van der Waals surface area contributed by atoms with Crippen LogP contribution >= 0.6 is 0 Å². The molecule has 0 spiro atoms. The van der Waals surface area contributed by atoms with Crippen molar-refractivity contribution in [3.63, 3.8) is 0 Å². The van der Waals surface area contributed by atoms with E-state index in [1.54, 1.807) is 0 Å². The lowest BCUT2D eigenvalue weighted by molar-refractivity contribution is 0.0505. The topological polar surface area (TPSA) is 44.8 Å². The maximum Gasteiger partial charge on any atom is 0.513 e. The third-order valence-corrected chi connectivity index (χ3v) is 8.79. The molecular weight excluding hydrogens is 284 g/mol. The summed E-state index contributed by atoms with van der Waals surface area (Å²) in [5, 5.41) is 0.167. The van der Waals surface area contributed by atoms with Crippen molar-refractivity contribution in [1.29, 1.82) is 0 Å². The Balaban J connectivity index is 2.64. The van der Waals surface area contributed by atoms with Crippen LogP contribution in [0.3, 0.4) is 0 Å². The minimum atomic E-state index is -1.80. The van der Waals surface area contributed by atoms with Gasteiger partial charge < -0.3 is 13.9 Å². The molecule has 0 aromatic rings. The van der Waals surface area contributed by atoms with E-state index < -0.39 is 14.5 Å². The van der Waals surface area contributed by atoms with E-state index in [9.17, 15) is 4.79 Å². The molecule has 1 aliphatic carbocycles. The highest BCUT2D eigenvalue weighted by Gasteiger charge is 2.37. The SMILES string of the molecule is C=COC(=O)O[C@@H]1CCCC=C1CO[Si](C)(C)C(C)(C)C. The normalized spacial score (nSPS) is 19.7. The summed E-state index contributed by atoms with van der Waals surface area (Å²) < 4.78 is 16.2. The molecule has 4 nitrogen and oxygen atoms in total. The van der Waals surface area contributed by atoms with Gasteiger partial charge in [0.1, 0.15) is 6.10 Å². The van der Waals surface area contributed by atoms with Gasteiger partial charge in [-0.3, -0.25) is 0 Å². The lowest BCUT2D eigenvalue weighted by atomic mass is 9.97. The predicted octanol–water partition coefficient (Wildman–Crippen LogP) is 4.78. The van der Waals surface area contributed by atoms with Crippen LogP contribution in [-0.4, -0.2) is 27.2 Å². The molecule has 21 heavy (non-hydrogen) atoms. The number of carbonyl (C=O) groups is 1. The molecule has 120 valence electrons. The fraction of sp³-hybridized carbons (Fsp3) is 0.688. The molecule has 0 aromatic heterocycles. The van der Waals surface area contributed by atoms with Gasteiger partial charge in [-0.1, -0.05) is 33.4 Å². The largest absolute Gasteiger partial charge is 0.513 e. The lowest BCUT2D eigenvalue weighted by Crippen LogP contribution is -2.42. The Labute approximate surface area is 129 Å². The van der Waals surface area contributed by atoms with Crippen LogP contribution in [-0.2, 0) is 13.9 Å². The minimum absolute atomic E-state index is 0.167. The average Bonchev–Trinajstić information content (AvgIpc) is 2.36. The van der Waals surface area contributed by atoms with Gasteiger partial charge in [0.25, 0.3) is 0 Å². The second kappa shape index (κ2) is 7.27. The summed E-state index contributed by atoms with van der Waals surface area (Å²) in [5.74, 6) is 0. The highest BCUT2D eigenvalue weighted by atomic mass is 28.4. The highest BCUT2D eigenvalue weighted by molar-refractivity contribution is 6.74. The third kappa shape index (κ3) is 5.32. The van der Waals surface area contributed by atoms with Gasteiger partial charge in [0.2, 0.25) is 0 Å². The zero-order valence-corrected chi connectivity index (χ0v) is 14.9. The Bertz CT molecular complexity index is 407. The van der Waals surface area contributed by atoms with E-state index in [-0.39, 0.29) is 11.1 Å². The summed E-state index contributed by atoms with van der Waals surface area (Å²) in [6.45, 7) is 15.0. The van der Waals surface area contributed by atoms with E-state index in [4.69, 9.17) is 9.16 Å². The van der Waals surface area contributed by atoms with Crippen LogP contribution in [0.5, 0.6) is 0 Å². The predicted molar refractivity (Wildman–Crippen MR) is 86.6 cm³/mol. The van der Waals surface area contributed by atoms with Crippen molar-refractivity contribution in [3.05, 3.63) is 24.5 Å². The Kier molecular flexibility index (Phi) is 6.22. The number of rotatable bonds is 5. The van der Waals surface area contributed by atoms with Crippen molar-refractivity contribution in [3.8, 4) is 0 Å². The quantitative estimate of drug-likeness (QED) is 0.317. The minimum Gasteiger partial charge on any atom is -0.426 e. The molecule has 0 aromatic carbocycles. The molecule has 0 heterocycles. The van der Waals surface area contributed by atoms with E-state index in [0.29, 0.717) is 6.61 Å². The molecule has 1 atom stereocenters. The van der Waals surface area contributed by atoms with Crippen LogP contribution in [0, 0.1) is 0 Å². The van der Waals surface area contributed by atoms with Gasteiger partial charge in [0.05, 0.1) is 12.9 Å². The van der Waals surface area contributed by atoms with Crippen LogP contribution < -0.4 is 0 Å². The molecule has 0 amide bonds. The zero-order chi connectivity index (χ0) is 16.1. The van der Waals surface area contributed by atoms with Gasteiger partial charge in [-0.15, -0.1) is 0 Å². The first-order chi connectivity index (χ1) is 9.67. The smallest absolute Gasteiger partial charge is 0.426 e. The number of allylic oxidation sites excluding steroid dienone is 1. The standard InChI is InChI=1S/C16H28O4Si/c1-7-18-15(17)20-14-11-9-8-10-13(14)12-19-21(5,6)16(2,3)4/h7,10,14H,1,8-9,11-12H2,2-6H3/t14-/m1/s1.